The van der Waals surface area contributed by atoms with Crippen LogP contribution in [0.2, 0.25) is 5.02 Å². The lowest BCUT2D eigenvalue weighted by Gasteiger charge is -2.12. The molecule has 0 bridgehead atoms. The first-order valence-electron chi connectivity index (χ1n) is 4.80. The van der Waals surface area contributed by atoms with E-state index < -0.39 is 5.97 Å². The van der Waals surface area contributed by atoms with Crippen LogP contribution in [0.4, 0.5) is 5.69 Å². The molecule has 4 heteroatoms. The van der Waals surface area contributed by atoms with E-state index in [0.29, 0.717) is 16.3 Å². The van der Waals surface area contributed by atoms with Crippen molar-refractivity contribution in [2.45, 2.75) is 26.4 Å². The molecule has 0 radical (unpaired) electrons. The standard InChI is InChI=1S/C11H14ClNO2/c1-3-7(2)15-11(14)9-6-8(12)4-5-10(9)13/h4-7H,3,13H2,1-2H3/t7-/m0/s1. The van der Waals surface area contributed by atoms with E-state index in [1.165, 1.54) is 6.07 Å². The lowest BCUT2D eigenvalue weighted by atomic mass is 10.2. The van der Waals surface area contributed by atoms with Crippen molar-refractivity contribution in [3.05, 3.63) is 28.8 Å². The van der Waals surface area contributed by atoms with Gasteiger partial charge in [0.1, 0.15) is 0 Å². The van der Waals surface area contributed by atoms with Crippen LogP contribution in [0.1, 0.15) is 30.6 Å². The summed E-state index contributed by atoms with van der Waals surface area (Å²) in [5.41, 5.74) is 6.35. The van der Waals surface area contributed by atoms with Crippen LogP contribution >= 0.6 is 11.6 Å². The highest BCUT2D eigenvalue weighted by Gasteiger charge is 2.14. The molecule has 0 aromatic heterocycles. The molecular weight excluding hydrogens is 214 g/mol. The number of hydrogen-bond acceptors (Lipinski definition) is 3. The smallest absolute Gasteiger partial charge is 0.340 e. The first-order valence-corrected chi connectivity index (χ1v) is 5.18. The highest BCUT2D eigenvalue weighted by atomic mass is 35.5. The number of ether oxygens (including phenoxy) is 1. The van der Waals surface area contributed by atoms with Crippen molar-refractivity contribution in [3.8, 4) is 0 Å². The molecule has 0 amide bonds. The molecule has 0 unspecified atom stereocenters. The maximum atomic E-state index is 11.6. The predicted octanol–water partition coefficient (Wildman–Crippen LogP) is 2.88. The van der Waals surface area contributed by atoms with Gasteiger partial charge in [0.2, 0.25) is 0 Å². The van der Waals surface area contributed by atoms with Gasteiger partial charge in [-0.25, -0.2) is 4.79 Å². The van der Waals surface area contributed by atoms with E-state index in [9.17, 15) is 4.79 Å². The summed E-state index contributed by atoms with van der Waals surface area (Å²) >= 11 is 5.77. The molecule has 15 heavy (non-hydrogen) atoms. The Kier molecular flexibility index (Phi) is 3.97. The van der Waals surface area contributed by atoms with Crippen LogP contribution in [0.25, 0.3) is 0 Å². The van der Waals surface area contributed by atoms with Crippen molar-refractivity contribution >= 4 is 23.3 Å². The third kappa shape index (κ3) is 3.13. The molecule has 82 valence electrons. The van der Waals surface area contributed by atoms with Crippen LogP contribution in [-0.2, 0) is 4.74 Å². The maximum Gasteiger partial charge on any atom is 0.340 e. The van der Waals surface area contributed by atoms with Crippen LogP contribution < -0.4 is 5.73 Å². The second kappa shape index (κ2) is 5.03. The van der Waals surface area contributed by atoms with Gasteiger partial charge in [0, 0.05) is 10.7 Å². The molecule has 1 aromatic rings. The third-order valence-electron chi connectivity index (χ3n) is 2.12. The minimum atomic E-state index is -0.427. The summed E-state index contributed by atoms with van der Waals surface area (Å²) in [5.74, 6) is -0.427. The molecular formula is C11H14ClNO2. The molecule has 0 spiro atoms. The maximum absolute atomic E-state index is 11.6. The van der Waals surface area contributed by atoms with Gasteiger partial charge in [0.25, 0.3) is 0 Å². The average molecular weight is 228 g/mol. The summed E-state index contributed by atoms with van der Waals surface area (Å²) in [6, 6.07) is 4.74. The van der Waals surface area contributed by atoms with Crippen molar-refractivity contribution in [2.75, 3.05) is 5.73 Å². The third-order valence-corrected chi connectivity index (χ3v) is 2.35. The summed E-state index contributed by atoms with van der Waals surface area (Å²) in [4.78, 5) is 11.6. The Bertz CT molecular complexity index is 366. The lowest BCUT2D eigenvalue weighted by molar-refractivity contribution is 0.0336. The van der Waals surface area contributed by atoms with Crippen LogP contribution in [-0.4, -0.2) is 12.1 Å². The van der Waals surface area contributed by atoms with Gasteiger partial charge in [0.05, 0.1) is 11.7 Å². The molecule has 0 aliphatic carbocycles. The molecule has 0 fully saturated rings. The zero-order valence-corrected chi connectivity index (χ0v) is 9.54. The van der Waals surface area contributed by atoms with Gasteiger partial charge in [-0.2, -0.15) is 0 Å². The van der Waals surface area contributed by atoms with E-state index in [-0.39, 0.29) is 6.10 Å². The number of hydrogen-bond donors (Lipinski definition) is 1. The van der Waals surface area contributed by atoms with Gasteiger partial charge in [-0.15, -0.1) is 0 Å². The van der Waals surface area contributed by atoms with Gasteiger partial charge < -0.3 is 10.5 Å². The van der Waals surface area contributed by atoms with Crippen LogP contribution in [0, 0.1) is 0 Å². The van der Waals surface area contributed by atoms with Crippen LogP contribution in [0.15, 0.2) is 18.2 Å². The number of rotatable bonds is 3. The predicted molar refractivity (Wildman–Crippen MR) is 61.0 cm³/mol. The number of halogens is 1. The molecule has 0 saturated carbocycles. The monoisotopic (exact) mass is 227 g/mol. The molecule has 3 nitrogen and oxygen atoms in total. The van der Waals surface area contributed by atoms with E-state index in [1.54, 1.807) is 12.1 Å². The van der Waals surface area contributed by atoms with Gasteiger partial charge in [-0.05, 0) is 31.5 Å². The Morgan fingerprint density at radius 3 is 2.87 bits per heavy atom. The van der Waals surface area contributed by atoms with E-state index in [4.69, 9.17) is 22.1 Å². The first kappa shape index (κ1) is 11.9. The summed E-state index contributed by atoms with van der Waals surface area (Å²) in [6.07, 6.45) is 0.655. The molecule has 1 rings (SSSR count). The number of carbonyl (C=O) groups is 1. The molecule has 0 aliphatic rings. The minimum absolute atomic E-state index is 0.115. The van der Waals surface area contributed by atoms with Crippen molar-refractivity contribution in [3.63, 3.8) is 0 Å². The van der Waals surface area contributed by atoms with Gasteiger partial charge in [-0.1, -0.05) is 18.5 Å². The quantitative estimate of drug-likeness (QED) is 0.638. The fourth-order valence-corrected chi connectivity index (χ4v) is 1.21. The van der Waals surface area contributed by atoms with Crippen molar-refractivity contribution in [2.24, 2.45) is 0 Å². The normalized spacial score (nSPS) is 12.2. The van der Waals surface area contributed by atoms with Gasteiger partial charge >= 0.3 is 5.97 Å². The second-order valence-electron chi connectivity index (χ2n) is 3.36. The summed E-state index contributed by atoms with van der Waals surface area (Å²) in [7, 11) is 0. The lowest BCUT2D eigenvalue weighted by Crippen LogP contribution is -2.15. The highest BCUT2D eigenvalue weighted by molar-refractivity contribution is 6.31. The number of nitrogens with two attached hydrogens (primary N) is 1. The van der Waals surface area contributed by atoms with Crippen LogP contribution in [0.3, 0.4) is 0 Å². The molecule has 1 atom stereocenters. The number of benzene rings is 1. The molecule has 0 saturated heterocycles. The molecule has 0 heterocycles. The topological polar surface area (TPSA) is 52.3 Å². The number of nitrogen functional groups attached to an aromatic ring is 1. The number of anilines is 1. The number of esters is 1. The van der Waals surface area contributed by atoms with Crippen molar-refractivity contribution in [1.82, 2.24) is 0 Å². The van der Waals surface area contributed by atoms with E-state index in [2.05, 4.69) is 0 Å². The fraction of sp³-hybridized carbons (Fsp3) is 0.364. The Labute approximate surface area is 94.2 Å². The summed E-state index contributed by atoms with van der Waals surface area (Å²) in [5, 5.41) is 0.473. The minimum Gasteiger partial charge on any atom is -0.459 e. The van der Waals surface area contributed by atoms with Gasteiger partial charge in [-0.3, -0.25) is 0 Å². The van der Waals surface area contributed by atoms with E-state index in [0.717, 1.165) is 6.42 Å². The SMILES string of the molecule is CC[C@H](C)OC(=O)c1cc(Cl)ccc1N. The molecule has 1 aromatic carbocycles. The largest absolute Gasteiger partial charge is 0.459 e. The number of carbonyl (C=O) groups excluding carboxylic acids is 1. The Balaban J connectivity index is 2.86. The van der Waals surface area contributed by atoms with Crippen molar-refractivity contribution < 1.29 is 9.53 Å². The Hall–Kier alpha value is -1.22. The highest BCUT2D eigenvalue weighted by Crippen LogP contribution is 2.19. The Morgan fingerprint density at radius 1 is 1.60 bits per heavy atom. The van der Waals surface area contributed by atoms with Crippen LogP contribution in [0.5, 0.6) is 0 Å². The Morgan fingerprint density at radius 2 is 2.27 bits per heavy atom. The molecule has 0 aliphatic heterocycles. The zero-order chi connectivity index (χ0) is 11.4. The first-order chi connectivity index (χ1) is 7.04. The second-order valence-corrected chi connectivity index (χ2v) is 3.79. The summed E-state index contributed by atoms with van der Waals surface area (Å²) < 4.78 is 5.14. The zero-order valence-electron chi connectivity index (χ0n) is 8.79. The van der Waals surface area contributed by atoms with Gasteiger partial charge in [0.15, 0.2) is 0 Å². The van der Waals surface area contributed by atoms with E-state index >= 15 is 0 Å². The fourth-order valence-electron chi connectivity index (χ4n) is 1.03. The molecule has 2 N–H and O–H groups in total. The van der Waals surface area contributed by atoms with E-state index in [1.807, 2.05) is 13.8 Å². The summed E-state index contributed by atoms with van der Waals surface area (Å²) in [6.45, 7) is 3.78. The average Bonchev–Trinajstić information content (AvgIpc) is 2.21. The van der Waals surface area contributed by atoms with Crippen molar-refractivity contribution in [1.29, 1.82) is 0 Å².